The van der Waals surface area contributed by atoms with Crippen LogP contribution in [0.4, 0.5) is 0 Å². The van der Waals surface area contributed by atoms with E-state index in [9.17, 15) is 4.79 Å². The third-order valence-electron chi connectivity index (χ3n) is 3.72. The first-order chi connectivity index (χ1) is 9.22. The van der Waals surface area contributed by atoms with Gasteiger partial charge in [0, 0.05) is 18.2 Å². The molecular formula is C15H22N2O2. The summed E-state index contributed by atoms with van der Waals surface area (Å²) in [6.45, 7) is 3.34. The maximum absolute atomic E-state index is 12.6. The molecule has 1 amide bonds. The predicted octanol–water partition coefficient (Wildman–Crippen LogP) is 2.27. The Bertz CT molecular complexity index is 434. The minimum Gasteiger partial charge on any atom is -0.336 e. The molecule has 1 aliphatic heterocycles. The van der Waals surface area contributed by atoms with E-state index in [0.29, 0.717) is 6.61 Å². The Morgan fingerprint density at radius 1 is 1.47 bits per heavy atom. The Kier molecular flexibility index (Phi) is 4.93. The molecule has 0 radical (unpaired) electrons. The van der Waals surface area contributed by atoms with Crippen LogP contribution in [0.5, 0.6) is 0 Å². The number of piperidine rings is 1. The molecule has 2 rings (SSSR count). The summed E-state index contributed by atoms with van der Waals surface area (Å²) in [5, 5.41) is 0. The molecule has 0 bridgehead atoms. The van der Waals surface area contributed by atoms with Crippen LogP contribution in [0, 0.1) is 6.92 Å². The maximum atomic E-state index is 12.6. The van der Waals surface area contributed by atoms with Gasteiger partial charge in [-0.15, -0.1) is 0 Å². The highest BCUT2D eigenvalue weighted by molar-refractivity contribution is 5.94. The number of carbonyl (C=O) groups is 1. The second kappa shape index (κ2) is 6.68. The first kappa shape index (κ1) is 14.0. The van der Waals surface area contributed by atoms with Crippen LogP contribution in [0.15, 0.2) is 24.3 Å². The number of rotatable bonds is 4. The fourth-order valence-electron chi connectivity index (χ4n) is 2.72. The van der Waals surface area contributed by atoms with Crippen molar-refractivity contribution in [1.82, 2.24) is 4.90 Å². The lowest BCUT2D eigenvalue weighted by Gasteiger charge is -2.35. The largest absolute Gasteiger partial charge is 0.336 e. The van der Waals surface area contributed by atoms with E-state index < -0.39 is 0 Å². The summed E-state index contributed by atoms with van der Waals surface area (Å²) in [4.78, 5) is 19.2. The molecule has 104 valence electrons. The Hall–Kier alpha value is -1.39. The average molecular weight is 262 g/mol. The summed E-state index contributed by atoms with van der Waals surface area (Å²) in [7, 11) is 0. The summed E-state index contributed by atoms with van der Waals surface area (Å²) in [5.41, 5.74) is 1.89. The van der Waals surface area contributed by atoms with Crippen molar-refractivity contribution in [2.45, 2.75) is 38.6 Å². The SMILES string of the molecule is Cc1cccc(C(=O)N2CCCCC2CCON)c1. The molecule has 1 aromatic rings. The quantitative estimate of drug-likeness (QED) is 0.847. The lowest BCUT2D eigenvalue weighted by molar-refractivity contribution is 0.0514. The molecule has 1 atom stereocenters. The summed E-state index contributed by atoms with van der Waals surface area (Å²) in [6.07, 6.45) is 4.11. The molecule has 1 aromatic carbocycles. The van der Waals surface area contributed by atoms with Gasteiger partial charge in [0.05, 0.1) is 6.61 Å². The zero-order chi connectivity index (χ0) is 13.7. The average Bonchev–Trinajstić information content (AvgIpc) is 2.44. The van der Waals surface area contributed by atoms with Gasteiger partial charge >= 0.3 is 0 Å². The van der Waals surface area contributed by atoms with Crippen molar-refractivity contribution in [3.63, 3.8) is 0 Å². The van der Waals surface area contributed by atoms with Crippen molar-refractivity contribution in [1.29, 1.82) is 0 Å². The molecular weight excluding hydrogens is 240 g/mol. The van der Waals surface area contributed by atoms with E-state index in [1.807, 2.05) is 36.1 Å². The molecule has 0 spiro atoms. The standard InChI is InChI=1S/C15H22N2O2/c1-12-5-4-6-13(11-12)15(18)17-9-3-2-7-14(17)8-10-19-16/h4-6,11,14H,2-3,7-10,16H2,1H3. The lowest BCUT2D eigenvalue weighted by atomic mass is 9.98. The monoisotopic (exact) mass is 262 g/mol. The Balaban J connectivity index is 2.10. The third kappa shape index (κ3) is 3.55. The van der Waals surface area contributed by atoms with Crippen LogP contribution in [-0.4, -0.2) is 30.0 Å². The van der Waals surface area contributed by atoms with Gasteiger partial charge in [-0.3, -0.25) is 4.79 Å². The van der Waals surface area contributed by atoms with E-state index in [0.717, 1.165) is 36.9 Å². The van der Waals surface area contributed by atoms with E-state index in [1.54, 1.807) is 0 Å². The summed E-state index contributed by atoms with van der Waals surface area (Å²) >= 11 is 0. The smallest absolute Gasteiger partial charge is 0.254 e. The number of nitrogens with two attached hydrogens (primary N) is 1. The molecule has 0 aromatic heterocycles. The van der Waals surface area contributed by atoms with Crippen molar-refractivity contribution in [2.24, 2.45) is 5.90 Å². The number of aryl methyl sites for hydroxylation is 1. The summed E-state index contributed by atoms with van der Waals surface area (Å²) in [6, 6.07) is 8.04. The van der Waals surface area contributed by atoms with Gasteiger partial charge in [-0.1, -0.05) is 17.7 Å². The summed E-state index contributed by atoms with van der Waals surface area (Å²) in [5.74, 6) is 5.22. The van der Waals surface area contributed by atoms with Crippen molar-refractivity contribution in [2.75, 3.05) is 13.2 Å². The van der Waals surface area contributed by atoms with Crippen LogP contribution in [0.1, 0.15) is 41.6 Å². The van der Waals surface area contributed by atoms with Gasteiger partial charge in [-0.2, -0.15) is 0 Å². The van der Waals surface area contributed by atoms with Gasteiger partial charge < -0.3 is 9.74 Å². The zero-order valence-electron chi connectivity index (χ0n) is 11.5. The minimum absolute atomic E-state index is 0.130. The number of carbonyl (C=O) groups excluding carboxylic acids is 1. The van der Waals surface area contributed by atoms with Gasteiger partial charge in [0.15, 0.2) is 0 Å². The van der Waals surface area contributed by atoms with Gasteiger partial charge in [-0.25, -0.2) is 5.90 Å². The molecule has 4 nitrogen and oxygen atoms in total. The van der Waals surface area contributed by atoms with Crippen molar-refractivity contribution in [3.05, 3.63) is 35.4 Å². The van der Waals surface area contributed by atoms with Gasteiger partial charge in [-0.05, 0) is 44.7 Å². The minimum atomic E-state index is 0.130. The second-order valence-corrected chi connectivity index (χ2v) is 5.18. The van der Waals surface area contributed by atoms with E-state index in [2.05, 4.69) is 4.84 Å². The highest BCUT2D eigenvalue weighted by atomic mass is 16.6. The summed E-state index contributed by atoms with van der Waals surface area (Å²) < 4.78 is 0. The third-order valence-corrected chi connectivity index (χ3v) is 3.72. The molecule has 1 heterocycles. The number of benzene rings is 1. The van der Waals surface area contributed by atoms with E-state index >= 15 is 0 Å². The number of nitrogens with zero attached hydrogens (tertiary/aromatic N) is 1. The lowest BCUT2D eigenvalue weighted by Crippen LogP contribution is -2.44. The molecule has 19 heavy (non-hydrogen) atoms. The van der Waals surface area contributed by atoms with Gasteiger partial charge in [0.1, 0.15) is 0 Å². The number of hydrogen-bond acceptors (Lipinski definition) is 3. The van der Waals surface area contributed by atoms with Crippen LogP contribution in [0.25, 0.3) is 0 Å². The van der Waals surface area contributed by atoms with Gasteiger partial charge in [0.25, 0.3) is 5.91 Å². The Morgan fingerprint density at radius 2 is 2.32 bits per heavy atom. The maximum Gasteiger partial charge on any atom is 0.254 e. The molecule has 1 aliphatic rings. The van der Waals surface area contributed by atoms with Crippen LogP contribution >= 0.6 is 0 Å². The van der Waals surface area contributed by atoms with Crippen LogP contribution in [-0.2, 0) is 4.84 Å². The van der Waals surface area contributed by atoms with Crippen molar-refractivity contribution >= 4 is 5.91 Å². The van der Waals surface area contributed by atoms with E-state index in [-0.39, 0.29) is 11.9 Å². The highest BCUT2D eigenvalue weighted by Crippen LogP contribution is 2.22. The van der Waals surface area contributed by atoms with Crippen LogP contribution in [0.3, 0.4) is 0 Å². The molecule has 0 saturated carbocycles. The Morgan fingerprint density at radius 3 is 3.05 bits per heavy atom. The number of hydrogen-bond donors (Lipinski definition) is 1. The van der Waals surface area contributed by atoms with E-state index in [1.165, 1.54) is 6.42 Å². The molecule has 0 aliphatic carbocycles. The fraction of sp³-hybridized carbons (Fsp3) is 0.533. The second-order valence-electron chi connectivity index (χ2n) is 5.18. The molecule has 1 saturated heterocycles. The first-order valence-corrected chi connectivity index (χ1v) is 6.91. The predicted molar refractivity (Wildman–Crippen MR) is 74.6 cm³/mol. The van der Waals surface area contributed by atoms with Gasteiger partial charge in [0.2, 0.25) is 0 Å². The normalized spacial score (nSPS) is 19.5. The Labute approximate surface area is 114 Å². The highest BCUT2D eigenvalue weighted by Gasteiger charge is 2.27. The fourth-order valence-corrected chi connectivity index (χ4v) is 2.72. The molecule has 2 N–H and O–H groups in total. The first-order valence-electron chi connectivity index (χ1n) is 6.91. The van der Waals surface area contributed by atoms with Crippen LogP contribution < -0.4 is 5.90 Å². The van der Waals surface area contributed by atoms with Crippen molar-refractivity contribution < 1.29 is 9.63 Å². The zero-order valence-corrected chi connectivity index (χ0v) is 11.5. The number of amides is 1. The van der Waals surface area contributed by atoms with E-state index in [4.69, 9.17) is 5.90 Å². The molecule has 4 heteroatoms. The molecule has 1 unspecified atom stereocenters. The van der Waals surface area contributed by atoms with Crippen molar-refractivity contribution in [3.8, 4) is 0 Å². The van der Waals surface area contributed by atoms with Crippen LogP contribution in [0.2, 0.25) is 0 Å². The topological polar surface area (TPSA) is 55.6 Å². The molecule has 1 fully saturated rings. The number of likely N-dealkylation sites (tertiary alicyclic amines) is 1.